The summed E-state index contributed by atoms with van der Waals surface area (Å²) in [5.41, 5.74) is 8.11. The molecule has 2 rings (SSSR count). The van der Waals surface area contributed by atoms with E-state index >= 15 is 0 Å². The van der Waals surface area contributed by atoms with Crippen molar-refractivity contribution < 1.29 is 4.79 Å². The topological polar surface area (TPSA) is 83.8 Å². The van der Waals surface area contributed by atoms with Crippen molar-refractivity contribution in [2.45, 2.75) is 13.5 Å². The fraction of sp³-hybridized carbons (Fsp3) is 0.200. The van der Waals surface area contributed by atoms with Gasteiger partial charge in [-0.3, -0.25) is 9.89 Å². The van der Waals surface area contributed by atoms with E-state index in [-0.39, 0.29) is 5.91 Å². The van der Waals surface area contributed by atoms with Crippen molar-refractivity contribution in [3.8, 4) is 0 Å². The first-order valence-corrected chi connectivity index (χ1v) is 5.72. The minimum Gasteiger partial charge on any atom is -0.382 e. The molecular weight excluding hydrogens is 224 g/mol. The van der Waals surface area contributed by atoms with Crippen molar-refractivity contribution in [2.75, 3.05) is 5.73 Å². The molecule has 5 nitrogen and oxygen atoms in total. The zero-order chi connectivity index (χ0) is 11.5. The lowest BCUT2D eigenvalue weighted by molar-refractivity contribution is 0.0946. The average Bonchev–Trinajstić information content (AvgIpc) is 2.84. The maximum Gasteiger partial charge on any atom is 0.269 e. The van der Waals surface area contributed by atoms with Gasteiger partial charge in [-0.1, -0.05) is 0 Å². The summed E-state index contributed by atoms with van der Waals surface area (Å²) in [6, 6.07) is 1.51. The Bertz CT molecular complexity index is 502. The van der Waals surface area contributed by atoms with E-state index in [0.717, 1.165) is 5.56 Å². The highest BCUT2D eigenvalue weighted by Gasteiger charge is 2.08. The summed E-state index contributed by atoms with van der Waals surface area (Å²) < 4.78 is 0. The number of carbonyl (C=O) groups is 1. The van der Waals surface area contributed by atoms with Crippen LogP contribution >= 0.6 is 11.3 Å². The third-order valence-electron chi connectivity index (χ3n) is 2.24. The summed E-state index contributed by atoms with van der Waals surface area (Å²) >= 11 is 1.63. The molecule has 0 aliphatic rings. The molecule has 0 spiro atoms. The van der Waals surface area contributed by atoms with Crippen LogP contribution in [0.2, 0.25) is 0 Å². The molecule has 2 aromatic heterocycles. The molecule has 0 bridgehead atoms. The van der Waals surface area contributed by atoms with Gasteiger partial charge in [0.1, 0.15) is 11.5 Å². The molecule has 0 radical (unpaired) electrons. The van der Waals surface area contributed by atoms with Crippen molar-refractivity contribution >= 4 is 23.1 Å². The van der Waals surface area contributed by atoms with E-state index in [9.17, 15) is 4.79 Å². The van der Waals surface area contributed by atoms with Crippen LogP contribution in [0.3, 0.4) is 0 Å². The van der Waals surface area contributed by atoms with Gasteiger partial charge in [0.05, 0.1) is 0 Å². The number of nitrogens with two attached hydrogens (primary N) is 1. The maximum atomic E-state index is 11.6. The number of anilines is 1. The number of aromatic nitrogens is 2. The predicted octanol–water partition coefficient (Wildman–Crippen LogP) is 1.29. The first kappa shape index (κ1) is 10.7. The molecule has 0 saturated heterocycles. The van der Waals surface area contributed by atoms with E-state index in [1.54, 1.807) is 11.3 Å². The lowest BCUT2D eigenvalue weighted by Gasteiger charge is -2.02. The zero-order valence-electron chi connectivity index (χ0n) is 8.78. The second-order valence-corrected chi connectivity index (χ2v) is 4.21. The van der Waals surface area contributed by atoms with Gasteiger partial charge in [-0.2, -0.15) is 16.4 Å². The number of hydrogen-bond acceptors (Lipinski definition) is 4. The third kappa shape index (κ3) is 2.22. The van der Waals surface area contributed by atoms with Gasteiger partial charge in [0.25, 0.3) is 5.91 Å². The summed E-state index contributed by atoms with van der Waals surface area (Å²) in [7, 11) is 0. The lowest BCUT2D eigenvalue weighted by atomic mass is 10.2. The molecule has 84 valence electrons. The highest BCUT2D eigenvalue weighted by Crippen LogP contribution is 2.13. The van der Waals surface area contributed by atoms with Gasteiger partial charge in [-0.25, -0.2) is 0 Å². The van der Waals surface area contributed by atoms with Gasteiger partial charge in [-0.05, 0) is 28.8 Å². The van der Waals surface area contributed by atoms with E-state index in [1.807, 2.05) is 12.3 Å². The van der Waals surface area contributed by atoms with E-state index in [0.29, 0.717) is 18.1 Å². The molecule has 4 N–H and O–H groups in total. The number of rotatable bonds is 3. The number of nitrogen functional groups attached to an aromatic ring is 1. The minimum absolute atomic E-state index is 0.199. The molecule has 2 heterocycles. The smallest absolute Gasteiger partial charge is 0.269 e. The Labute approximate surface area is 96.7 Å². The molecule has 16 heavy (non-hydrogen) atoms. The quantitative estimate of drug-likeness (QED) is 0.750. The van der Waals surface area contributed by atoms with E-state index in [2.05, 4.69) is 20.9 Å². The standard InChI is InChI=1S/C10H12N4OS/c1-6-4-16-5-7(6)3-12-10(15)8-2-9(11)14-13-8/h2,4-5H,3H2,1H3,(H,12,15)(H3,11,13,14). The molecule has 0 aliphatic carbocycles. The van der Waals surface area contributed by atoms with Crippen LogP contribution in [0.4, 0.5) is 5.82 Å². The van der Waals surface area contributed by atoms with E-state index in [1.165, 1.54) is 11.6 Å². The molecule has 0 aromatic carbocycles. The monoisotopic (exact) mass is 236 g/mol. The van der Waals surface area contributed by atoms with Crippen LogP contribution in [0.25, 0.3) is 0 Å². The van der Waals surface area contributed by atoms with Crippen LogP contribution in [-0.4, -0.2) is 16.1 Å². The number of nitrogens with one attached hydrogen (secondary N) is 2. The van der Waals surface area contributed by atoms with Crippen LogP contribution in [0.5, 0.6) is 0 Å². The van der Waals surface area contributed by atoms with Crippen LogP contribution in [0.15, 0.2) is 16.8 Å². The van der Waals surface area contributed by atoms with Crippen LogP contribution in [0.1, 0.15) is 21.6 Å². The Morgan fingerprint density at radius 3 is 3.00 bits per heavy atom. The van der Waals surface area contributed by atoms with Crippen molar-refractivity contribution in [1.82, 2.24) is 15.5 Å². The number of hydrogen-bond donors (Lipinski definition) is 3. The number of thiophene rings is 1. The minimum atomic E-state index is -0.199. The normalized spacial score (nSPS) is 10.3. The summed E-state index contributed by atoms with van der Waals surface area (Å²) in [6.07, 6.45) is 0. The molecule has 2 aromatic rings. The summed E-state index contributed by atoms with van der Waals surface area (Å²) in [5.74, 6) is 0.117. The van der Waals surface area contributed by atoms with Crippen LogP contribution in [0, 0.1) is 6.92 Å². The molecular formula is C10H12N4OS. The summed E-state index contributed by atoms with van der Waals surface area (Å²) in [5, 5.41) is 13.1. The van der Waals surface area contributed by atoms with Crippen molar-refractivity contribution in [3.63, 3.8) is 0 Å². The highest BCUT2D eigenvalue weighted by atomic mass is 32.1. The van der Waals surface area contributed by atoms with Crippen LogP contribution in [-0.2, 0) is 6.54 Å². The number of aromatic amines is 1. The predicted molar refractivity (Wildman–Crippen MR) is 63.2 cm³/mol. The van der Waals surface area contributed by atoms with Crippen LogP contribution < -0.4 is 11.1 Å². The van der Waals surface area contributed by atoms with Gasteiger partial charge in [0, 0.05) is 12.6 Å². The fourth-order valence-electron chi connectivity index (χ4n) is 1.29. The largest absolute Gasteiger partial charge is 0.382 e. The Balaban J connectivity index is 1.96. The Morgan fingerprint density at radius 1 is 1.62 bits per heavy atom. The second kappa shape index (κ2) is 4.36. The molecule has 0 saturated carbocycles. The first-order chi connectivity index (χ1) is 7.66. The lowest BCUT2D eigenvalue weighted by Crippen LogP contribution is -2.23. The number of H-pyrrole nitrogens is 1. The molecule has 0 unspecified atom stereocenters. The number of nitrogens with zero attached hydrogens (tertiary/aromatic N) is 1. The second-order valence-electron chi connectivity index (χ2n) is 3.47. The van der Waals surface area contributed by atoms with Gasteiger partial charge in [-0.15, -0.1) is 0 Å². The van der Waals surface area contributed by atoms with Gasteiger partial charge in [0.2, 0.25) is 0 Å². The molecule has 0 atom stereocenters. The van der Waals surface area contributed by atoms with E-state index < -0.39 is 0 Å². The van der Waals surface area contributed by atoms with Crippen molar-refractivity contribution in [3.05, 3.63) is 33.6 Å². The SMILES string of the molecule is Cc1cscc1CNC(=O)c1cc(N)n[nH]1. The van der Waals surface area contributed by atoms with Crippen molar-refractivity contribution in [1.29, 1.82) is 0 Å². The number of amides is 1. The first-order valence-electron chi connectivity index (χ1n) is 4.77. The molecule has 0 fully saturated rings. The summed E-state index contributed by atoms with van der Waals surface area (Å²) in [6.45, 7) is 2.54. The zero-order valence-corrected chi connectivity index (χ0v) is 9.60. The van der Waals surface area contributed by atoms with Crippen molar-refractivity contribution in [2.24, 2.45) is 0 Å². The van der Waals surface area contributed by atoms with Gasteiger partial charge < -0.3 is 11.1 Å². The Kier molecular flexibility index (Phi) is 2.91. The fourth-order valence-corrected chi connectivity index (χ4v) is 2.15. The van der Waals surface area contributed by atoms with Gasteiger partial charge >= 0.3 is 0 Å². The third-order valence-corrected chi connectivity index (χ3v) is 3.15. The highest BCUT2D eigenvalue weighted by molar-refractivity contribution is 7.08. The van der Waals surface area contributed by atoms with E-state index in [4.69, 9.17) is 5.73 Å². The molecule has 0 aliphatic heterocycles. The Morgan fingerprint density at radius 2 is 2.44 bits per heavy atom. The average molecular weight is 236 g/mol. The summed E-state index contributed by atoms with van der Waals surface area (Å²) in [4.78, 5) is 11.6. The number of aryl methyl sites for hydroxylation is 1. The molecule has 6 heteroatoms. The number of carbonyl (C=O) groups excluding carboxylic acids is 1. The maximum absolute atomic E-state index is 11.6. The van der Waals surface area contributed by atoms with Gasteiger partial charge in [0.15, 0.2) is 0 Å². The molecule has 1 amide bonds. The Hall–Kier alpha value is -1.82.